The third-order valence-electron chi connectivity index (χ3n) is 5.50. The van der Waals surface area contributed by atoms with Gasteiger partial charge in [-0.05, 0) is 58.3 Å². The van der Waals surface area contributed by atoms with E-state index in [1.54, 1.807) is 24.3 Å². The maximum atomic E-state index is 12.8. The van der Waals surface area contributed by atoms with Crippen LogP contribution in [0.4, 0.5) is 5.82 Å². The molecule has 0 atom stereocenters. The van der Waals surface area contributed by atoms with Gasteiger partial charge in [-0.2, -0.15) is 5.10 Å². The van der Waals surface area contributed by atoms with E-state index in [2.05, 4.69) is 34.7 Å². The molecule has 4 aromatic carbocycles. The lowest BCUT2D eigenvalue weighted by Gasteiger charge is -2.08. The van der Waals surface area contributed by atoms with E-state index in [-0.39, 0.29) is 5.91 Å². The molecular weight excluding hydrogens is 446 g/mol. The van der Waals surface area contributed by atoms with E-state index in [9.17, 15) is 4.79 Å². The summed E-state index contributed by atoms with van der Waals surface area (Å²) < 4.78 is 7.61. The van der Waals surface area contributed by atoms with Gasteiger partial charge in [0.1, 0.15) is 12.4 Å². The van der Waals surface area contributed by atoms with Crippen LogP contribution >= 0.6 is 11.6 Å². The van der Waals surface area contributed by atoms with Gasteiger partial charge in [-0.3, -0.25) is 9.48 Å². The number of carbonyl (C=O) groups excluding carboxylic acids is 1. The van der Waals surface area contributed by atoms with E-state index >= 15 is 0 Å². The van der Waals surface area contributed by atoms with Crippen LogP contribution in [0.2, 0.25) is 5.02 Å². The van der Waals surface area contributed by atoms with Crippen molar-refractivity contribution >= 4 is 34.1 Å². The van der Waals surface area contributed by atoms with Crippen molar-refractivity contribution in [1.82, 2.24) is 9.78 Å². The predicted molar refractivity (Wildman–Crippen MR) is 135 cm³/mol. The largest absolute Gasteiger partial charge is 0.489 e. The number of rotatable bonds is 7. The van der Waals surface area contributed by atoms with Crippen molar-refractivity contribution in [3.8, 4) is 5.75 Å². The minimum absolute atomic E-state index is 0.219. The number of ether oxygens (including phenoxy) is 1. The molecular formula is C28H22ClN3O2. The number of hydrogen-bond acceptors (Lipinski definition) is 3. The predicted octanol–water partition coefficient (Wildman–Crippen LogP) is 6.57. The van der Waals surface area contributed by atoms with E-state index in [1.807, 2.05) is 59.4 Å². The van der Waals surface area contributed by atoms with Crippen LogP contribution < -0.4 is 10.1 Å². The zero-order chi connectivity index (χ0) is 23.3. The van der Waals surface area contributed by atoms with Crippen molar-refractivity contribution in [2.45, 2.75) is 13.2 Å². The van der Waals surface area contributed by atoms with Gasteiger partial charge in [-0.25, -0.2) is 0 Å². The van der Waals surface area contributed by atoms with Crippen molar-refractivity contribution in [3.63, 3.8) is 0 Å². The second-order valence-electron chi connectivity index (χ2n) is 7.93. The summed E-state index contributed by atoms with van der Waals surface area (Å²) in [7, 11) is 0. The van der Waals surface area contributed by atoms with Gasteiger partial charge in [-0.1, -0.05) is 66.2 Å². The zero-order valence-electron chi connectivity index (χ0n) is 18.3. The van der Waals surface area contributed by atoms with Crippen molar-refractivity contribution in [2.75, 3.05) is 5.32 Å². The molecule has 5 aromatic rings. The van der Waals surface area contributed by atoms with Crippen LogP contribution in [0.1, 0.15) is 21.5 Å². The number of aromatic nitrogens is 2. The molecule has 1 N–H and O–H groups in total. The van der Waals surface area contributed by atoms with E-state index in [0.29, 0.717) is 29.6 Å². The van der Waals surface area contributed by atoms with E-state index in [4.69, 9.17) is 16.3 Å². The second-order valence-corrected chi connectivity index (χ2v) is 8.37. The van der Waals surface area contributed by atoms with Crippen molar-refractivity contribution in [2.24, 2.45) is 0 Å². The lowest BCUT2D eigenvalue weighted by atomic mass is 10.0. The molecule has 0 aliphatic rings. The molecule has 5 rings (SSSR count). The van der Waals surface area contributed by atoms with E-state index < -0.39 is 0 Å². The van der Waals surface area contributed by atoms with Gasteiger partial charge >= 0.3 is 0 Å². The Labute approximate surface area is 202 Å². The van der Waals surface area contributed by atoms with Crippen LogP contribution in [0.25, 0.3) is 10.8 Å². The lowest BCUT2D eigenvalue weighted by Crippen LogP contribution is -2.13. The minimum atomic E-state index is -0.219. The average Bonchev–Trinajstić information content (AvgIpc) is 3.31. The number of fused-ring (bicyclic) bond motifs is 1. The highest BCUT2D eigenvalue weighted by Crippen LogP contribution is 2.20. The quantitative estimate of drug-likeness (QED) is 0.294. The first kappa shape index (κ1) is 21.7. The van der Waals surface area contributed by atoms with Crippen LogP contribution in [0.5, 0.6) is 5.75 Å². The van der Waals surface area contributed by atoms with Gasteiger partial charge in [0.15, 0.2) is 5.82 Å². The summed E-state index contributed by atoms with van der Waals surface area (Å²) in [6.45, 7) is 0.969. The minimum Gasteiger partial charge on any atom is -0.489 e. The fourth-order valence-electron chi connectivity index (χ4n) is 3.81. The van der Waals surface area contributed by atoms with Crippen LogP contribution in [-0.4, -0.2) is 15.7 Å². The highest BCUT2D eigenvalue weighted by atomic mass is 35.5. The molecule has 0 saturated heterocycles. The molecule has 34 heavy (non-hydrogen) atoms. The Morgan fingerprint density at radius 3 is 2.59 bits per heavy atom. The van der Waals surface area contributed by atoms with Crippen molar-refractivity contribution < 1.29 is 9.53 Å². The number of benzene rings is 4. The fourth-order valence-corrected chi connectivity index (χ4v) is 3.94. The van der Waals surface area contributed by atoms with Gasteiger partial charge in [0.05, 0.1) is 6.54 Å². The first-order valence-electron chi connectivity index (χ1n) is 10.9. The third-order valence-corrected chi connectivity index (χ3v) is 5.75. The van der Waals surface area contributed by atoms with Gasteiger partial charge < -0.3 is 10.1 Å². The summed E-state index contributed by atoms with van der Waals surface area (Å²) >= 11 is 5.91. The lowest BCUT2D eigenvalue weighted by molar-refractivity contribution is 0.102. The molecule has 1 aromatic heterocycles. The summed E-state index contributed by atoms with van der Waals surface area (Å²) in [5.74, 6) is 1.01. The number of amides is 1. The number of anilines is 1. The molecule has 0 bridgehead atoms. The first-order valence-corrected chi connectivity index (χ1v) is 11.3. The van der Waals surface area contributed by atoms with E-state index in [0.717, 1.165) is 11.3 Å². The summed E-state index contributed by atoms with van der Waals surface area (Å²) in [5.41, 5.74) is 2.61. The number of nitrogens with one attached hydrogen (secondary N) is 1. The molecule has 0 fully saturated rings. The zero-order valence-corrected chi connectivity index (χ0v) is 19.1. The molecule has 0 aliphatic heterocycles. The van der Waals surface area contributed by atoms with Crippen LogP contribution in [0.15, 0.2) is 103 Å². The highest BCUT2D eigenvalue weighted by molar-refractivity contribution is 6.30. The average molecular weight is 468 g/mol. The molecule has 6 heteroatoms. The molecule has 168 valence electrons. The van der Waals surface area contributed by atoms with Gasteiger partial charge in [0.25, 0.3) is 5.91 Å². The molecule has 0 unspecified atom stereocenters. The second kappa shape index (κ2) is 9.81. The fraction of sp³-hybridized carbons (Fsp3) is 0.0714. The number of nitrogens with zero attached hydrogens (tertiary/aromatic N) is 2. The highest BCUT2D eigenvalue weighted by Gasteiger charge is 2.10. The van der Waals surface area contributed by atoms with Crippen LogP contribution in [0.3, 0.4) is 0 Å². The monoisotopic (exact) mass is 467 g/mol. The Hall–Kier alpha value is -4.09. The molecule has 0 saturated carbocycles. The van der Waals surface area contributed by atoms with Gasteiger partial charge in [-0.15, -0.1) is 0 Å². The molecule has 0 aliphatic carbocycles. The smallest absolute Gasteiger partial charge is 0.256 e. The standard InChI is InChI=1S/C28H22ClN3O2/c29-24-11-13-25(14-12-24)34-19-20-5-3-8-22(17-20)28(33)30-27-15-16-32(31-27)18-23-9-4-7-21-6-1-2-10-26(21)23/h1-17H,18-19H2,(H,30,31,33). The maximum absolute atomic E-state index is 12.8. The Kier molecular flexibility index (Phi) is 6.27. The normalized spacial score (nSPS) is 10.9. The molecule has 1 amide bonds. The topological polar surface area (TPSA) is 56.2 Å². The number of halogens is 1. The maximum Gasteiger partial charge on any atom is 0.256 e. The third kappa shape index (κ3) is 5.11. The number of hydrogen-bond donors (Lipinski definition) is 1. The Morgan fingerprint density at radius 1 is 0.912 bits per heavy atom. The van der Waals surface area contributed by atoms with Crippen LogP contribution in [-0.2, 0) is 13.2 Å². The Bertz CT molecular complexity index is 1440. The molecule has 0 spiro atoms. The SMILES string of the molecule is O=C(Nc1ccn(Cc2cccc3ccccc23)n1)c1cccc(COc2ccc(Cl)cc2)c1. The van der Waals surface area contributed by atoms with Crippen molar-refractivity contribution in [3.05, 3.63) is 125 Å². The first-order chi connectivity index (χ1) is 16.6. The summed E-state index contributed by atoms with van der Waals surface area (Å²) in [6.07, 6.45) is 1.87. The van der Waals surface area contributed by atoms with Gasteiger partial charge in [0, 0.05) is 22.8 Å². The summed E-state index contributed by atoms with van der Waals surface area (Å²) in [5, 5.41) is 10.5. The summed E-state index contributed by atoms with van der Waals surface area (Å²) in [4.78, 5) is 12.8. The molecule has 5 nitrogen and oxygen atoms in total. The van der Waals surface area contributed by atoms with Crippen LogP contribution in [0, 0.1) is 0 Å². The molecule has 1 heterocycles. The molecule has 0 radical (unpaired) electrons. The van der Waals surface area contributed by atoms with Crippen molar-refractivity contribution in [1.29, 1.82) is 0 Å². The Balaban J connectivity index is 1.23. The number of carbonyl (C=O) groups is 1. The van der Waals surface area contributed by atoms with Gasteiger partial charge in [0.2, 0.25) is 0 Å². The summed E-state index contributed by atoms with van der Waals surface area (Å²) in [6, 6.07) is 30.9. The Morgan fingerprint density at radius 2 is 1.71 bits per heavy atom. The van der Waals surface area contributed by atoms with E-state index in [1.165, 1.54) is 16.3 Å².